The molecule has 24 heavy (non-hydrogen) atoms. The molecule has 5 rings (SSSR count). The first kappa shape index (κ1) is 15.6. The number of hydrogen-bond acceptors (Lipinski definition) is 2. The topological polar surface area (TPSA) is 66.4 Å². The van der Waals surface area contributed by atoms with Crippen LogP contribution >= 0.6 is 0 Å². The average molecular weight is 331 g/mol. The molecule has 2 N–H and O–H groups in total. The van der Waals surface area contributed by atoms with E-state index >= 15 is 0 Å². The number of halogens is 1. The minimum atomic E-state index is -0.951. The number of carbonyl (C=O) groups is 2. The van der Waals surface area contributed by atoms with E-state index in [0.29, 0.717) is 23.3 Å². The van der Waals surface area contributed by atoms with Gasteiger partial charge in [-0.15, -0.1) is 0 Å². The summed E-state index contributed by atoms with van der Waals surface area (Å²) in [6.45, 7) is 0. The van der Waals surface area contributed by atoms with Crippen LogP contribution in [0.15, 0.2) is 24.3 Å². The van der Waals surface area contributed by atoms with Crippen LogP contribution in [0, 0.1) is 29.0 Å². The molecule has 4 saturated carbocycles. The van der Waals surface area contributed by atoms with Crippen molar-refractivity contribution < 1.29 is 19.1 Å². The molecular formula is C19H22FNO3. The van der Waals surface area contributed by atoms with Gasteiger partial charge in [-0.1, -0.05) is 0 Å². The van der Waals surface area contributed by atoms with Crippen molar-refractivity contribution in [1.29, 1.82) is 0 Å². The van der Waals surface area contributed by atoms with Gasteiger partial charge in [-0.25, -0.2) is 9.18 Å². The summed E-state index contributed by atoms with van der Waals surface area (Å²) in [5.41, 5.74) is -0.0108. The minimum absolute atomic E-state index is 0.298. The number of carbonyl (C=O) groups excluding carboxylic acids is 1. The Morgan fingerprint density at radius 3 is 2.00 bits per heavy atom. The molecule has 0 aliphatic heterocycles. The zero-order chi connectivity index (χ0) is 16.9. The molecule has 4 aliphatic carbocycles. The third-order valence-electron chi connectivity index (χ3n) is 6.33. The van der Waals surface area contributed by atoms with Gasteiger partial charge in [0.05, 0.1) is 0 Å². The summed E-state index contributed by atoms with van der Waals surface area (Å²) in [4.78, 5) is 24.4. The molecule has 0 saturated heterocycles. The van der Waals surface area contributed by atoms with E-state index < -0.39 is 23.7 Å². The van der Waals surface area contributed by atoms with Crippen molar-refractivity contribution >= 4 is 11.9 Å². The van der Waals surface area contributed by atoms with Crippen LogP contribution in [0.4, 0.5) is 4.39 Å². The third-order valence-corrected chi connectivity index (χ3v) is 6.33. The van der Waals surface area contributed by atoms with Gasteiger partial charge in [-0.2, -0.15) is 0 Å². The van der Waals surface area contributed by atoms with Gasteiger partial charge in [0, 0.05) is 11.0 Å². The van der Waals surface area contributed by atoms with Gasteiger partial charge in [0.2, 0.25) is 0 Å². The Morgan fingerprint density at radius 1 is 1.04 bits per heavy atom. The molecule has 4 fully saturated rings. The second-order valence-corrected chi connectivity index (χ2v) is 8.03. The predicted molar refractivity (Wildman–Crippen MR) is 85.9 cm³/mol. The molecule has 0 heterocycles. The molecule has 1 atom stereocenters. The molecule has 128 valence electrons. The molecule has 4 bridgehead atoms. The van der Waals surface area contributed by atoms with Crippen LogP contribution in [0.2, 0.25) is 0 Å². The van der Waals surface area contributed by atoms with Gasteiger partial charge in [0.1, 0.15) is 11.9 Å². The van der Waals surface area contributed by atoms with Crippen molar-refractivity contribution in [2.24, 2.45) is 23.2 Å². The van der Waals surface area contributed by atoms with E-state index in [4.69, 9.17) is 0 Å². The number of carboxylic acid groups (broad SMARTS) is 1. The summed E-state index contributed by atoms with van der Waals surface area (Å²) in [5, 5.41) is 12.5. The molecule has 0 radical (unpaired) electrons. The van der Waals surface area contributed by atoms with Gasteiger partial charge in [0.15, 0.2) is 0 Å². The SMILES string of the molecule is O=C(NC(C(=O)O)C12CC3CC(CC(C3)C1)C2)c1ccc(F)cc1. The Bertz CT molecular complexity index is 634. The number of nitrogens with one attached hydrogen (secondary N) is 1. The van der Waals surface area contributed by atoms with Crippen molar-refractivity contribution in [3.05, 3.63) is 35.6 Å². The van der Waals surface area contributed by atoms with Crippen LogP contribution < -0.4 is 5.32 Å². The normalized spacial score (nSPS) is 34.8. The lowest BCUT2D eigenvalue weighted by molar-refractivity contribution is -0.150. The molecule has 0 spiro atoms. The van der Waals surface area contributed by atoms with Gasteiger partial charge in [0.25, 0.3) is 5.91 Å². The highest BCUT2D eigenvalue weighted by molar-refractivity contribution is 5.96. The molecule has 1 aromatic carbocycles. The van der Waals surface area contributed by atoms with E-state index in [9.17, 15) is 19.1 Å². The van der Waals surface area contributed by atoms with Crippen molar-refractivity contribution in [1.82, 2.24) is 5.32 Å². The Kier molecular flexibility index (Phi) is 3.62. The number of hydrogen-bond donors (Lipinski definition) is 2. The Balaban J connectivity index is 1.57. The highest BCUT2D eigenvalue weighted by Crippen LogP contribution is 2.61. The summed E-state index contributed by atoms with van der Waals surface area (Å²) in [6, 6.07) is 4.36. The molecule has 4 nitrogen and oxygen atoms in total. The van der Waals surface area contributed by atoms with E-state index in [1.54, 1.807) is 0 Å². The number of benzene rings is 1. The first-order chi connectivity index (χ1) is 11.4. The first-order valence-electron chi connectivity index (χ1n) is 8.74. The second kappa shape index (κ2) is 5.57. The Labute approximate surface area is 140 Å². The number of amides is 1. The smallest absolute Gasteiger partial charge is 0.326 e. The van der Waals surface area contributed by atoms with Crippen LogP contribution in [-0.4, -0.2) is 23.0 Å². The number of rotatable bonds is 4. The molecule has 1 unspecified atom stereocenters. The first-order valence-corrected chi connectivity index (χ1v) is 8.74. The average Bonchev–Trinajstić information content (AvgIpc) is 2.51. The molecule has 0 aromatic heterocycles. The summed E-state index contributed by atoms with van der Waals surface area (Å²) >= 11 is 0. The van der Waals surface area contributed by atoms with E-state index in [1.165, 1.54) is 43.5 Å². The van der Waals surface area contributed by atoms with Crippen LogP contribution in [-0.2, 0) is 4.79 Å². The summed E-state index contributed by atoms with van der Waals surface area (Å²) in [6.07, 6.45) is 6.37. The van der Waals surface area contributed by atoms with E-state index in [0.717, 1.165) is 19.3 Å². The van der Waals surface area contributed by atoms with Gasteiger partial charge in [-0.05, 0) is 80.5 Å². The summed E-state index contributed by atoms with van der Waals surface area (Å²) in [5.74, 6) is 0.0374. The fraction of sp³-hybridized carbons (Fsp3) is 0.579. The lowest BCUT2D eigenvalue weighted by atomic mass is 9.47. The number of aliphatic carboxylic acids is 1. The zero-order valence-electron chi connectivity index (χ0n) is 13.5. The fourth-order valence-electron chi connectivity index (χ4n) is 5.82. The van der Waals surface area contributed by atoms with E-state index in [-0.39, 0.29) is 5.41 Å². The van der Waals surface area contributed by atoms with Crippen LogP contribution in [0.3, 0.4) is 0 Å². The van der Waals surface area contributed by atoms with Crippen molar-refractivity contribution in [2.75, 3.05) is 0 Å². The highest BCUT2D eigenvalue weighted by atomic mass is 19.1. The maximum absolute atomic E-state index is 13.0. The van der Waals surface area contributed by atoms with Crippen molar-refractivity contribution in [3.63, 3.8) is 0 Å². The molecular weight excluding hydrogens is 309 g/mol. The second-order valence-electron chi connectivity index (χ2n) is 8.03. The van der Waals surface area contributed by atoms with Crippen LogP contribution in [0.25, 0.3) is 0 Å². The molecule has 5 heteroatoms. The fourth-order valence-corrected chi connectivity index (χ4v) is 5.82. The summed E-state index contributed by atoms with van der Waals surface area (Å²) in [7, 11) is 0. The quantitative estimate of drug-likeness (QED) is 0.890. The maximum atomic E-state index is 13.0. The monoisotopic (exact) mass is 331 g/mol. The molecule has 1 amide bonds. The van der Waals surface area contributed by atoms with Crippen LogP contribution in [0.5, 0.6) is 0 Å². The zero-order valence-corrected chi connectivity index (χ0v) is 13.5. The lowest BCUT2D eigenvalue weighted by Gasteiger charge is -2.58. The number of carboxylic acids is 1. The highest BCUT2D eigenvalue weighted by Gasteiger charge is 2.56. The van der Waals surface area contributed by atoms with Gasteiger partial charge in [-0.3, -0.25) is 4.79 Å². The van der Waals surface area contributed by atoms with E-state index in [1.807, 2.05) is 0 Å². The van der Waals surface area contributed by atoms with Crippen molar-refractivity contribution in [2.45, 2.75) is 44.6 Å². The Hall–Kier alpha value is -1.91. The molecule has 4 aliphatic rings. The van der Waals surface area contributed by atoms with Gasteiger partial charge < -0.3 is 10.4 Å². The molecule has 1 aromatic rings. The van der Waals surface area contributed by atoms with Gasteiger partial charge >= 0.3 is 5.97 Å². The Morgan fingerprint density at radius 2 is 1.54 bits per heavy atom. The van der Waals surface area contributed by atoms with E-state index in [2.05, 4.69) is 5.32 Å². The van der Waals surface area contributed by atoms with Crippen molar-refractivity contribution in [3.8, 4) is 0 Å². The summed E-state index contributed by atoms with van der Waals surface area (Å²) < 4.78 is 13.0. The third kappa shape index (κ3) is 2.60. The predicted octanol–water partition coefficient (Wildman–Crippen LogP) is 3.23. The minimum Gasteiger partial charge on any atom is -0.480 e. The van der Waals surface area contributed by atoms with Crippen LogP contribution in [0.1, 0.15) is 48.9 Å². The largest absolute Gasteiger partial charge is 0.480 e. The maximum Gasteiger partial charge on any atom is 0.326 e. The lowest BCUT2D eigenvalue weighted by Crippen LogP contribution is -2.59. The standard InChI is InChI=1S/C19H22FNO3/c20-15-3-1-14(2-4-15)17(22)21-16(18(23)24)19-8-11-5-12(9-19)7-13(6-11)10-19/h1-4,11-13,16H,5-10H2,(H,21,22)(H,23,24).